The van der Waals surface area contributed by atoms with Crippen LogP contribution < -0.4 is 5.32 Å². The number of carbonyl (C=O) groups is 2. The minimum Gasteiger partial charge on any atom is -0.364 e. The Bertz CT molecular complexity index is 761. The van der Waals surface area contributed by atoms with Crippen LogP contribution in [0.2, 0.25) is 0 Å². The van der Waals surface area contributed by atoms with Gasteiger partial charge in [-0.2, -0.15) is 0 Å². The number of nitrogens with one attached hydrogen (secondary N) is 1. The van der Waals surface area contributed by atoms with Crippen LogP contribution in [0.4, 0.5) is 0 Å². The Morgan fingerprint density at radius 2 is 2.18 bits per heavy atom. The number of para-hydroxylation sites is 1. The molecule has 0 unspecified atom stereocenters. The highest BCUT2D eigenvalue weighted by Crippen LogP contribution is 2.20. The molecule has 0 aliphatic carbocycles. The van der Waals surface area contributed by atoms with Crippen molar-refractivity contribution in [3.05, 3.63) is 42.1 Å². The number of nitrogens with zero attached hydrogens (tertiary/aromatic N) is 2. The SMILES string of the molecule is O=C1CO[C@H]2CN(C(=O)c3cnc4ccccc4c3)C[C@@H]2N1. The van der Waals surface area contributed by atoms with Gasteiger partial charge in [-0.1, -0.05) is 18.2 Å². The van der Waals surface area contributed by atoms with Crippen molar-refractivity contribution < 1.29 is 14.3 Å². The summed E-state index contributed by atoms with van der Waals surface area (Å²) < 4.78 is 5.48. The lowest BCUT2D eigenvalue weighted by molar-refractivity contribution is -0.134. The maximum Gasteiger partial charge on any atom is 0.255 e. The van der Waals surface area contributed by atoms with E-state index < -0.39 is 0 Å². The Labute approximate surface area is 127 Å². The molecule has 2 fully saturated rings. The third kappa shape index (κ3) is 2.21. The fourth-order valence-electron chi connectivity index (χ4n) is 3.05. The number of carbonyl (C=O) groups excluding carboxylic acids is 2. The summed E-state index contributed by atoms with van der Waals surface area (Å²) in [6.45, 7) is 1.04. The molecular weight excluding hydrogens is 282 g/mol. The Balaban J connectivity index is 1.57. The van der Waals surface area contributed by atoms with E-state index in [-0.39, 0.29) is 30.6 Å². The van der Waals surface area contributed by atoms with Crippen molar-refractivity contribution >= 4 is 22.7 Å². The van der Waals surface area contributed by atoms with Gasteiger partial charge in [0, 0.05) is 24.7 Å². The molecule has 3 heterocycles. The zero-order valence-corrected chi connectivity index (χ0v) is 11.9. The Morgan fingerprint density at radius 1 is 1.32 bits per heavy atom. The van der Waals surface area contributed by atoms with E-state index in [1.54, 1.807) is 11.1 Å². The van der Waals surface area contributed by atoms with Gasteiger partial charge in [0.2, 0.25) is 5.91 Å². The summed E-state index contributed by atoms with van der Waals surface area (Å²) >= 11 is 0. The Morgan fingerprint density at radius 3 is 3.09 bits per heavy atom. The first-order chi connectivity index (χ1) is 10.7. The van der Waals surface area contributed by atoms with Crippen LogP contribution in [-0.4, -0.2) is 53.5 Å². The number of hydrogen-bond acceptors (Lipinski definition) is 4. The highest BCUT2D eigenvalue weighted by molar-refractivity contribution is 5.97. The summed E-state index contributed by atoms with van der Waals surface area (Å²) in [6.07, 6.45) is 1.49. The summed E-state index contributed by atoms with van der Waals surface area (Å²) in [7, 11) is 0. The lowest BCUT2D eigenvalue weighted by atomic mass is 10.1. The number of fused-ring (bicyclic) bond motifs is 2. The second kappa shape index (κ2) is 5.06. The van der Waals surface area contributed by atoms with Gasteiger partial charge in [0.15, 0.2) is 0 Å². The number of ether oxygens (including phenoxy) is 1. The van der Waals surface area contributed by atoms with Crippen molar-refractivity contribution in [3.8, 4) is 0 Å². The second-order valence-electron chi connectivity index (χ2n) is 5.65. The summed E-state index contributed by atoms with van der Waals surface area (Å²) in [4.78, 5) is 30.0. The van der Waals surface area contributed by atoms with Crippen molar-refractivity contribution in [2.75, 3.05) is 19.7 Å². The molecule has 2 amide bonds. The molecule has 2 aliphatic heterocycles. The molecule has 6 nitrogen and oxygen atoms in total. The third-order valence-electron chi connectivity index (χ3n) is 4.17. The lowest BCUT2D eigenvalue weighted by Gasteiger charge is -2.24. The third-order valence-corrected chi connectivity index (χ3v) is 4.17. The van der Waals surface area contributed by atoms with E-state index in [9.17, 15) is 9.59 Å². The number of pyridine rings is 1. The van der Waals surface area contributed by atoms with Gasteiger partial charge in [0.25, 0.3) is 5.91 Å². The molecule has 0 saturated carbocycles. The van der Waals surface area contributed by atoms with Gasteiger partial charge in [-0.05, 0) is 12.1 Å². The van der Waals surface area contributed by atoms with Gasteiger partial charge >= 0.3 is 0 Å². The molecular formula is C16H15N3O3. The normalized spacial score (nSPS) is 24.2. The number of aromatic nitrogens is 1. The first-order valence-electron chi connectivity index (χ1n) is 7.26. The standard InChI is InChI=1S/C16H15N3O3/c20-15-9-22-14-8-19(7-13(14)18-15)16(21)11-5-10-3-1-2-4-12(10)17-6-11/h1-6,13-14H,7-9H2,(H,18,20)/t13-,14-/m0/s1. The van der Waals surface area contributed by atoms with E-state index in [4.69, 9.17) is 4.74 Å². The molecule has 2 aliphatic rings. The van der Waals surface area contributed by atoms with Crippen LogP contribution in [0.15, 0.2) is 36.5 Å². The van der Waals surface area contributed by atoms with Crippen molar-refractivity contribution in [3.63, 3.8) is 0 Å². The molecule has 0 radical (unpaired) electrons. The van der Waals surface area contributed by atoms with E-state index in [1.807, 2.05) is 30.3 Å². The molecule has 1 aromatic heterocycles. The molecule has 22 heavy (non-hydrogen) atoms. The number of rotatable bonds is 1. The average molecular weight is 297 g/mol. The molecule has 0 bridgehead atoms. The number of amides is 2. The summed E-state index contributed by atoms with van der Waals surface area (Å²) in [5.41, 5.74) is 1.42. The monoisotopic (exact) mass is 297 g/mol. The van der Waals surface area contributed by atoms with Crippen molar-refractivity contribution in [2.45, 2.75) is 12.1 Å². The minimum atomic E-state index is -0.122. The summed E-state index contributed by atoms with van der Waals surface area (Å²) in [5.74, 6) is -0.201. The molecule has 0 spiro atoms. The van der Waals surface area contributed by atoms with Gasteiger partial charge in [0.1, 0.15) is 6.61 Å². The van der Waals surface area contributed by atoms with Crippen LogP contribution in [0.1, 0.15) is 10.4 Å². The van der Waals surface area contributed by atoms with E-state index in [2.05, 4.69) is 10.3 Å². The number of morpholine rings is 1. The van der Waals surface area contributed by atoms with Crippen molar-refractivity contribution in [2.24, 2.45) is 0 Å². The van der Waals surface area contributed by atoms with E-state index >= 15 is 0 Å². The highest BCUT2D eigenvalue weighted by atomic mass is 16.5. The van der Waals surface area contributed by atoms with Gasteiger partial charge in [0.05, 0.1) is 23.2 Å². The maximum absolute atomic E-state index is 12.6. The Kier molecular flexibility index (Phi) is 3.04. The molecule has 2 atom stereocenters. The maximum atomic E-state index is 12.6. The van der Waals surface area contributed by atoms with Crippen LogP contribution >= 0.6 is 0 Å². The van der Waals surface area contributed by atoms with Crippen LogP contribution in [0, 0.1) is 0 Å². The lowest BCUT2D eigenvalue weighted by Crippen LogP contribution is -2.50. The first kappa shape index (κ1) is 13.2. The summed E-state index contributed by atoms with van der Waals surface area (Å²) in [5, 5.41) is 3.81. The molecule has 6 heteroatoms. The molecule has 2 aromatic rings. The summed E-state index contributed by atoms with van der Waals surface area (Å²) in [6, 6.07) is 9.43. The zero-order valence-electron chi connectivity index (χ0n) is 11.9. The van der Waals surface area contributed by atoms with Crippen LogP contribution in [-0.2, 0) is 9.53 Å². The fourth-order valence-corrected chi connectivity index (χ4v) is 3.05. The molecule has 4 rings (SSSR count). The van der Waals surface area contributed by atoms with Gasteiger partial charge < -0.3 is 15.0 Å². The fraction of sp³-hybridized carbons (Fsp3) is 0.312. The van der Waals surface area contributed by atoms with E-state index in [1.165, 1.54) is 0 Å². The second-order valence-corrected chi connectivity index (χ2v) is 5.65. The average Bonchev–Trinajstić information content (AvgIpc) is 2.96. The van der Waals surface area contributed by atoms with Crippen LogP contribution in [0.5, 0.6) is 0 Å². The van der Waals surface area contributed by atoms with Gasteiger partial charge in [-0.3, -0.25) is 14.6 Å². The van der Waals surface area contributed by atoms with E-state index in [0.717, 1.165) is 10.9 Å². The topological polar surface area (TPSA) is 71.5 Å². The van der Waals surface area contributed by atoms with Crippen LogP contribution in [0.3, 0.4) is 0 Å². The molecule has 2 saturated heterocycles. The van der Waals surface area contributed by atoms with Gasteiger partial charge in [-0.15, -0.1) is 0 Å². The van der Waals surface area contributed by atoms with Crippen molar-refractivity contribution in [1.82, 2.24) is 15.2 Å². The Hall–Kier alpha value is -2.47. The number of benzene rings is 1. The number of likely N-dealkylation sites (tertiary alicyclic amines) is 1. The highest BCUT2D eigenvalue weighted by Gasteiger charge is 2.40. The number of hydrogen-bond donors (Lipinski definition) is 1. The molecule has 1 N–H and O–H groups in total. The minimum absolute atomic E-state index is 0.0702. The molecule has 1 aromatic carbocycles. The molecule has 112 valence electrons. The quantitative estimate of drug-likeness (QED) is 0.835. The van der Waals surface area contributed by atoms with Crippen LogP contribution in [0.25, 0.3) is 10.9 Å². The van der Waals surface area contributed by atoms with Gasteiger partial charge in [-0.25, -0.2) is 0 Å². The van der Waals surface area contributed by atoms with Crippen molar-refractivity contribution in [1.29, 1.82) is 0 Å². The van der Waals surface area contributed by atoms with E-state index in [0.29, 0.717) is 18.7 Å². The predicted molar refractivity (Wildman–Crippen MR) is 79.3 cm³/mol. The first-order valence-corrected chi connectivity index (χ1v) is 7.26. The largest absolute Gasteiger partial charge is 0.364 e. The smallest absolute Gasteiger partial charge is 0.255 e. The predicted octanol–water partition coefficient (Wildman–Crippen LogP) is 0.574. The zero-order chi connectivity index (χ0) is 15.1.